The van der Waals surface area contributed by atoms with E-state index in [4.69, 9.17) is 16.9 Å². The van der Waals surface area contributed by atoms with Crippen LogP contribution in [0.15, 0.2) is 12.1 Å². The molecule has 0 aliphatic carbocycles. The first kappa shape index (κ1) is 13.2. The molecule has 0 bridgehead atoms. The van der Waals surface area contributed by atoms with Crippen molar-refractivity contribution < 1.29 is 22.8 Å². The SMILES string of the molecule is N#Cc1ccc(C=O)c(C(F)(F)F)c1C(=O)Cl. The largest absolute Gasteiger partial charge is 0.417 e. The molecule has 0 unspecified atom stereocenters. The van der Waals surface area contributed by atoms with Crippen LogP contribution in [0.2, 0.25) is 0 Å². The summed E-state index contributed by atoms with van der Waals surface area (Å²) in [6.45, 7) is 0. The van der Waals surface area contributed by atoms with E-state index >= 15 is 0 Å². The zero-order valence-corrected chi connectivity index (χ0v) is 8.76. The third-order valence-electron chi connectivity index (χ3n) is 1.97. The third kappa shape index (κ3) is 2.45. The monoisotopic (exact) mass is 261 g/mol. The van der Waals surface area contributed by atoms with Gasteiger partial charge in [0.05, 0.1) is 22.8 Å². The van der Waals surface area contributed by atoms with Crippen molar-refractivity contribution in [2.45, 2.75) is 6.18 Å². The van der Waals surface area contributed by atoms with Gasteiger partial charge in [0.2, 0.25) is 0 Å². The molecule has 17 heavy (non-hydrogen) atoms. The fourth-order valence-corrected chi connectivity index (χ4v) is 1.52. The summed E-state index contributed by atoms with van der Waals surface area (Å²) in [7, 11) is 0. The summed E-state index contributed by atoms with van der Waals surface area (Å²) in [5.41, 5.74) is -3.73. The Labute approximate surface area is 98.4 Å². The van der Waals surface area contributed by atoms with Gasteiger partial charge in [0.1, 0.15) is 0 Å². The first-order valence-corrected chi connectivity index (χ1v) is 4.50. The molecule has 0 fully saturated rings. The number of rotatable bonds is 2. The van der Waals surface area contributed by atoms with Crippen LogP contribution in [0, 0.1) is 11.3 Å². The van der Waals surface area contributed by atoms with E-state index in [0.717, 1.165) is 12.1 Å². The second-order valence-corrected chi connectivity index (χ2v) is 3.30. The van der Waals surface area contributed by atoms with Crippen molar-refractivity contribution in [3.63, 3.8) is 0 Å². The number of nitriles is 1. The van der Waals surface area contributed by atoms with Crippen molar-refractivity contribution in [1.29, 1.82) is 5.26 Å². The lowest BCUT2D eigenvalue weighted by molar-refractivity contribution is -0.138. The fourth-order valence-electron chi connectivity index (χ4n) is 1.32. The highest BCUT2D eigenvalue weighted by molar-refractivity contribution is 6.68. The molecular weight excluding hydrogens is 259 g/mol. The number of hydrogen-bond donors (Lipinski definition) is 0. The van der Waals surface area contributed by atoms with Gasteiger partial charge in [-0.2, -0.15) is 18.4 Å². The second-order valence-electron chi connectivity index (χ2n) is 2.95. The Balaban J connectivity index is 3.79. The maximum Gasteiger partial charge on any atom is 0.417 e. The highest BCUT2D eigenvalue weighted by atomic mass is 35.5. The normalized spacial score (nSPS) is 10.8. The van der Waals surface area contributed by atoms with Gasteiger partial charge < -0.3 is 0 Å². The van der Waals surface area contributed by atoms with Gasteiger partial charge in [-0.05, 0) is 23.7 Å². The average Bonchev–Trinajstić information content (AvgIpc) is 2.25. The molecule has 1 aromatic carbocycles. The van der Waals surface area contributed by atoms with Crippen molar-refractivity contribution in [2.24, 2.45) is 0 Å². The molecule has 0 saturated heterocycles. The second kappa shape index (κ2) is 4.55. The number of alkyl halides is 3. The number of halogens is 4. The maximum absolute atomic E-state index is 12.7. The Kier molecular flexibility index (Phi) is 3.53. The first-order chi connectivity index (χ1) is 7.82. The van der Waals surface area contributed by atoms with Gasteiger partial charge in [-0.25, -0.2) is 0 Å². The molecule has 0 N–H and O–H groups in total. The highest BCUT2D eigenvalue weighted by Crippen LogP contribution is 2.36. The van der Waals surface area contributed by atoms with Crippen molar-refractivity contribution in [3.05, 3.63) is 34.4 Å². The number of carbonyl (C=O) groups is 2. The topological polar surface area (TPSA) is 57.9 Å². The van der Waals surface area contributed by atoms with Crippen molar-refractivity contribution >= 4 is 23.1 Å². The molecule has 0 aliphatic rings. The molecule has 0 heterocycles. The summed E-state index contributed by atoms with van der Waals surface area (Å²) < 4.78 is 38.1. The Morgan fingerprint density at radius 3 is 2.35 bits per heavy atom. The number of nitrogens with zero attached hydrogens (tertiary/aromatic N) is 1. The van der Waals surface area contributed by atoms with Gasteiger partial charge in [-0.15, -0.1) is 0 Å². The quantitative estimate of drug-likeness (QED) is 0.607. The van der Waals surface area contributed by atoms with Crippen molar-refractivity contribution in [1.82, 2.24) is 0 Å². The lowest BCUT2D eigenvalue weighted by Crippen LogP contribution is -2.16. The predicted octanol–water partition coefficient (Wildman–Crippen LogP) is 2.77. The first-order valence-electron chi connectivity index (χ1n) is 4.12. The Hall–Kier alpha value is -1.87. The lowest BCUT2D eigenvalue weighted by Gasteiger charge is -2.13. The van der Waals surface area contributed by atoms with Crippen LogP contribution >= 0.6 is 11.6 Å². The molecule has 1 rings (SSSR count). The summed E-state index contributed by atoms with van der Waals surface area (Å²) in [4.78, 5) is 21.5. The molecule has 0 radical (unpaired) electrons. The van der Waals surface area contributed by atoms with E-state index in [0.29, 0.717) is 0 Å². The summed E-state index contributed by atoms with van der Waals surface area (Å²) in [5, 5.41) is 7.17. The molecule has 0 aromatic heterocycles. The minimum Gasteiger partial charge on any atom is -0.298 e. The van der Waals surface area contributed by atoms with Gasteiger partial charge in [0.15, 0.2) is 6.29 Å². The maximum atomic E-state index is 12.7. The summed E-state index contributed by atoms with van der Waals surface area (Å²) in [6.07, 6.45) is -4.99. The Bertz CT molecular complexity index is 532. The van der Waals surface area contributed by atoms with Gasteiger partial charge in [0.25, 0.3) is 5.24 Å². The van der Waals surface area contributed by atoms with E-state index < -0.39 is 33.7 Å². The van der Waals surface area contributed by atoms with E-state index in [2.05, 4.69) is 0 Å². The van der Waals surface area contributed by atoms with Crippen LogP contribution in [0.4, 0.5) is 13.2 Å². The molecule has 0 spiro atoms. The summed E-state index contributed by atoms with van der Waals surface area (Å²) >= 11 is 5.02. The molecule has 0 saturated carbocycles. The number of benzene rings is 1. The molecule has 0 aliphatic heterocycles. The number of hydrogen-bond acceptors (Lipinski definition) is 3. The smallest absolute Gasteiger partial charge is 0.298 e. The standard InChI is InChI=1S/C10H3ClF3NO2/c11-9(17)7-5(3-15)1-2-6(4-16)8(7)10(12,13)14/h1-2,4H. The van der Waals surface area contributed by atoms with Gasteiger partial charge >= 0.3 is 6.18 Å². The fraction of sp³-hybridized carbons (Fsp3) is 0.100. The van der Waals surface area contributed by atoms with Gasteiger partial charge in [-0.1, -0.05) is 0 Å². The van der Waals surface area contributed by atoms with Crippen molar-refractivity contribution in [3.8, 4) is 6.07 Å². The molecule has 1 aromatic rings. The van der Waals surface area contributed by atoms with Crippen LogP contribution in [0.25, 0.3) is 0 Å². The van der Waals surface area contributed by atoms with E-state index in [1.807, 2.05) is 0 Å². The van der Waals surface area contributed by atoms with Gasteiger partial charge in [-0.3, -0.25) is 9.59 Å². The molecule has 0 amide bonds. The Morgan fingerprint density at radius 1 is 1.41 bits per heavy atom. The predicted molar refractivity (Wildman–Crippen MR) is 51.7 cm³/mol. The van der Waals surface area contributed by atoms with Crippen LogP contribution in [-0.4, -0.2) is 11.5 Å². The van der Waals surface area contributed by atoms with Crippen molar-refractivity contribution in [2.75, 3.05) is 0 Å². The van der Waals surface area contributed by atoms with Gasteiger partial charge in [0, 0.05) is 5.56 Å². The molecular formula is C10H3ClF3NO2. The summed E-state index contributed by atoms with van der Waals surface area (Å²) in [6, 6.07) is 3.18. The average molecular weight is 262 g/mol. The molecule has 88 valence electrons. The minimum atomic E-state index is -4.94. The highest BCUT2D eigenvalue weighted by Gasteiger charge is 2.39. The van der Waals surface area contributed by atoms with Crippen LogP contribution < -0.4 is 0 Å². The van der Waals surface area contributed by atoms with E-state index in [-0.39, 0.29) is 6.29 Å². The third-order valence-corrected chi connectivity index (χ3v) is 2.15. The van der Waals surface area contributed by atoms with E-state index in [9.17, 15) is 22.8 Å². The molecule has 0 atom stereocenters. The van der Waals surface area contributed by atoms with Crippen LogP contribution in [-0.2, 0) is 6.18 Å². The van der Waals surface area contributed by atoms with Crippen LogP contribution in [0.1, 0.15) is 31.8 Å². The van der Waals surface area contributed by atoms with E-state index in [1.165, 1.54) is 6.07 Å². The zero-order valence-electron chi connectivity index (χ0n) is 8.01. The Morgan fingerprint density at radius 2 is 2.00 bits per heavy atom. The summed E-state index contributed by atoms with van der Waals surface area (Å²) in [5.74, 6) is 0. The van der Waals surface area contributed by atoms with E-state index in [1.54, 1.807) is 0 Å². The van der Waals surface area contributed by atoms with Crippen LogP contribution in [0.5, 0.6) is 0 Å². The number of carbonyl (C=O) groups excluding carboxylic acids is 2. The lowest BCUT2D eigenvalue weighted by atomic mass is 9.97. The zero-order chi connectivity index (χ0) is 13.2. The number of aldehydes is 1. The molecule has 3 nitrogen and oxygen atoms in total. The van der Waals surface area contributed by atoms with Crippen LogP contribution in [0.3, 0.4) is 0 Å². The minimum absolute atomic E-state index is 0.0483. The molecule has 7 heteroatoms.